The molecule has 0 saturated carbocycles. The van der Waals surface area contributed by atoms with Gasteiger partial charge in [0.05, 0.1) is 27.7 Å². The molecular weight excluding hydrogens is 846 g/mol. The summed E-state index contributed by atoms with van der Waals surface area (Å²) in [5.74, 6) is -0.780. The average Bonchev–Trinajstić information content (AvgIpc) is 3.27. The first-order chi connectivity index (χ1) is 32.0. The number of quaternary nitrogens is 1. The molecule has 0 aliphatic rings. The Morgan fingerprint density at radius 3 is 1.12 bits per heavy atom. The van der Waals surface area contributed by atoms with Crippen LogP contribution in [0, 0.1) is 0 Å². The Hall–Kier alpha value is -1.25. The van der Waals surface area contributed by atoms with Crippen molar-refractivity contribution >= 4 is 19.8 Å². The lowest BCUT2D eigenvalue weighted by Gasteiger charge is -2.24. The summed E-state index contributed by atoms with van der Waals surface area (Å²) < 4.78 is 34.6. The molecule has 0 saturated heterocycles. The largest absolute Gasteiger partial charge is 0.472 e. The summed E-state index contributed by atoms with van der Waals surface area (Å²) >= 11 is 0. The van der Waals surface area contributed by atoms with Gasteiger partial charge in [0.2, 0.25) is 0 Å². The highest BCUT2D eigenvalue weighted by atomic mass is 31.2. The number of hydrogen-bond donors (Lipinski definition) is 1. The number of nitrogens with zero attached hydrogens (tertiary/aromatic N) is 1. The molecule has 1 N–H and O–H groups in total. The molecule has 1 unspecified atom stereocenters. The van der Waals surface area contributed by atoms with Gasteiger partial charge in [-0.25, -0.2) is 4.57 Å². The Bertz CT molecular complexity index is 1130. The summed E-state index contributed by atoms with van der Waals surface area (Å²) in [6.45, 7) is 4.49. The van der Waals surface area contributed by atoms with Gasteiger partial charge in [0.15, 0.2) is 6.10 Å². The molecule has 0 aromatic rings. The maximum atomic E-state index is 12.8. The fourth-order valence-electron chi connectivity index (χ4n) is 8.37. The summed E-state index contributed by atoms with van der Waals surface area (Å²) in [5.41, 5.74) is 0. The molecule has 2 atom stereocenters. The number of phosphoric ester groups is 1. The molecule has 0 heterocycles. The van der Waals surface area contributed by atoms with Gasteiger partial charge in [-0.2, -0.15) is 0 Å². The lowest BCUT2D eigenvalue weighted by atomic mass is 10.0. The summed E-state index contributed by atoms with van der Waals surface area (Å²) in [5, 5.41) is 0. The van der Waals surface area contributed by atoms with Gasteiger partial charge in [-0.3, -0.25) is 18.6 Å². The molecule has 0 aliphatic heterocycles. The molecule has 0 rings (SSSR count). The van der Waals surface area contributed by atoms with Crippen molar-refractivity contribution in [3.05, 3.63) is 12.2 Å². The van der Waals surface area contributed by atoms with Crippen molar-refractivity contribution in [2.75, 3.05) is 47.5 Å². The number of unbranched alkanes of at least 4 members (excludes halogenated alkanes) is 37. The molecule has 0 aromatic carbocycles. The van der Waals surface area contributed by atoms with Crippen molar-refractivity contribution in [1.29, 1.82) is 0 Å². The maximum absolute atomic E-state index is 12.8. The highest BCUT2D eigenvalue weighted by molar-refractivity contribution is 7.47. The van der Waals surface area contributed by atoms with Gasteiger partial charge >= 0.3 is 19.8 Å². The summed E-state index contributed by atoms with van der Waals surface area (Å²) in [6.07, 6.45) is 55.6. The van der Waals surface area contributed by atoms with Crippen molar-refractivity contribution in [2.24, 2.45) is 0 Å². The van der Waals surface area contributed by atoms with E-state index in [-0.39, 0.29) is 25.6 Å². The number of allylic oxidation sites excluding steroid dienone is 2. The van der Waals surface area contributed by atoms with Gasteiger partial charge in [-0.15, -0.1) is 0 Å². The molecule has 9 nitrogen and oxygen atoms in total. The van der Waals surface area contributed by atoms with E-state index in [1.165, 1.54) is 218 Å². The first-order valence-electron chi connectivity index (χ1n) is 28.4. The highest BCUT2D eigenvalue weighted by Crippen LogP contribution is 2.43. The zero-order valence-corrected chi connectivity index (χ0v) is 45.4. The maximum Gasteiger partial charge on any atom is 0.472 e. The molecule has 66 heavy (non-hydrogen) atoms. The van der Waals surface area contributed by atoms with E-state index in [1.54, 1.807) is 0 Å². The minimum atomic E-state index is -4.38. The van der Waals surface area contributed by atoms with Crippen LogP contribution in [0.4, 0.5) is 0 Å². The number of hydrogen-bond acceptors (Lipinski definition) is 7. The zero-order valence-electron chi connectivity index (χ0n) is 44.5. The van der Waals surface area contributed by atoms with Crippen LogP contribution in [-0.2, 0) is 32.7 Å². The van der Waals surface area contributed by atoms with Gasteiger partial charge < -0.3 is 18.9 Å². The molecule has 392 valence electrons. The van der Waals surface area contributed by atoms with E-state index in [0.717, 1.165) is 38.5 Å². The summed E-state index contributed by atoms with van der Waals surface area (Å²) in [7, 11) is 1.49. The Kier molecular flexibility index (Phi) is 47.8. The molecule has 0 aromatic heterocycles. The monoisotopic (exact) mass is 957 g/mol. The van der Waals surface area contributed by atoms with Crippen LogP contribution in [0.15, 0.2) is 12.2 Å². The minimum absolute atomic E-state index is 0.0356. The van der Waals surface area contributed by atoms with E-state index in [9.17, 15) is 19.0 Å². The molecule has 0 bridgehead atoms. The molecule has 0 spiro atoms. The smallest absolute Gasteiger partial charge is 0.462 e. The third-order valence-electron chi connectivity index (χ3n) is 12.8. The van der Waals surface area contributed by atoms with Gasteiger partial charge in [-0.1, -0.05) is 244 Å². The van der Waals surface area contributed by atoms with E-state index in [4.69, 9.17) is 18.5 Å². The first kappa shape index (κ1) is 64.8. The predicted molar refractivity (Wildman–Crippen MR) is 280 cm³/mol. The fourth-order valence-corrected chi connectivity index (χ4v) is 9.11. The van der Waals surface area contributed by atoms with Crippen molar-refractivity contribution < 1.29 is 42.1 Å². The molecule has 0 fully saturated rings. The van der Waals surface area contributed by atoms with Gasteiger partial charge in [0.1, 0.15) is 19.8 Å². The molecule has 0 aliphatic carbocycles. The Balaban J connectivity index is 4.14. The number of carbonyl (C=O) groups excluding carboxylic acids is 2. The number of carbonyl (C=O) groups is 2. The van der Waals surface area contributed by atoms with Crippen LogP contribution in [0.25, 0.3) is 0 Å². The van der Waals surface area contributed by atoms with Gasteiger partial charge in [-0.05, 0) is 38.5 Å². The number of phosphoric acid groups is 1. The Morgan fingerprint density at radius 2 is 0.773 bits per heavy atom. The number of rotatable bonds is 53. The standard InChI is InChI=1S/C56H110NO8P/c1-6-8-10-12-14-16-18-20-22-24-26-28-30-32-34-36-38-40-42-44-46-48-55(58)62-52-54(53-64-66(60,61)63-51-50-57(3,4)5)65-56(59)49-47-45-43-41-39-37-35-33-31-29-27-25-23-21-19-17-15-13-11-9-7-2/h20,22,54H,6-19,21,23-53H2,1-5H3/p+1/b22-20+/t54-/m1/s1. The third kappa shape index (κ3) is 52.1. The van der Waals surface area contributed by atoms with Crippen LogP contribution >= 0.6 is 7.82 Å². The summed E-state index contributed by atoms with van der Waals surface area (Å²) in [4.78, 5) is 35.7. The first-order valence-corrected chi connectivity index (χ1v) is 29.9. The lowest BCUT2D eigenvalue weighted by Crippen LogP contribution is -2.37. The van der Waals surface area contributed by atoms with Crippen molar-refractivity contribution in [3.8, 4) is 0 Å². The number of likely N-dealkylation sites (N-methyl/N-ethyl adjacent to an activating group) is 1. The van der Waals surface area contributed by atoms with E-state index in [2.05, 4.69) is 26.0 Å². The van der Waals surface area contributed by atoms with Crippen LogP contribution in [-0.4, -0.2) is 74.9 Å². The van der Waals surface area contributed by atoms with E-state index in [1.807, 2.05) is 21.1 Å². The fraction of sp³-hybridized carbons (Fsp3) is 0.929. The second-order valence-corrected chi connectivity index (χ2v) is 22.1. The van der Waals surface area contributed by atoms with Crippen LogP contribution in [0.5, 0.6) is 0 Å². The molecule has 10 heteroatoms. The quantitative estimate of drug-likeness (QED) is 0.0211. The van der Waals surface area contributed by atoms with Gasteiger partial charge in [0, 0.05) is 12.8 Å². The topological polar surface area (TPSA) is 108 Å². The molecular formula is C56H111NO8P+. The van der Waals surface area contributed by atoms with E-state index in [0.29, 0.717) is 17.4 Å². The molecule has 0 radical (unpaired) electrons. The number of esters is 2. The second-order valence-electron chi connectivity index (χ2n) is 20.7. The third-order valence-corrected chi connectivity index (χ3v) is 13.8. The average molecular weight is 957 g/mol. The zero-order chi connectivity index (χ0) is 48.5. The van der Waals surface area contributed by atoms with Crippen LogP contribution < -0.4 is 0 Å². The van der Waals surface area contributed by atoms with Crippen molar-refractivity contribution in [3.63, 3.8) is 0 Å². The number of ether oxygens (including phenoxy) is 2. The highest BCUT2D eigenvalue weighted by Gasteiger charge is 2.27. The van der Waals surface area contributed by atoms with E-state index >= 15 is 0 Å². The Labute approximate surface area is 409 Å². The Morgan fingerprint density at radius 1 is 0.455 bits per heavy atom. The van der Waals surface area contributed by atoms with E-state index < -0.39 is 26.5 Å². The SMILES string of the molecule is CCCCCCCC/C=C/CCCCCCCCCCCCCC(=O)OC[C@H](COP(=O)(O)OCC[N+](C)(C)C)OC(=O)CCCCCCCCCCCCCCCCCCCCCCC. The normalized spacial score (nSPS) is 13.4. The van der Waals surface area contributed by atoms with Crippen molar-refractivity contribution in [1.82, 2.24) is 0 Å². The van der Waals surface area contributed by atoms with Crippen LogP contribution in [0.1, 0.15) is 284 Å². The predicted octanol–water partition coefficient (Wildman–Crippen LogP) is 17.3. The minimum Gasteiger partial charge on any atom is -0.462 e. The van der Waals surface area contributed by atoms with Gasteiger partial charge in [0.25, 0.3) is 0 Å². The molecule has 0 amide bonds. The lowest BCUT2D eigenvalue weighted by molar-refractivity contribution is -0.870. The van der Waals surface area contributed by atoms with Crippen LogP contribution in [0.3, 0.4) is 0 Å². The second kappa shape index (κ2) is 48.8. The van der Waals surface area contributed by atoms with Crippen LogP contribution in [0.2, 0.25) is 0 Å². The van der Waals surface area contributed by atoms with Crippen molar-refractivity contribution in [2.45, 2.75) is 290 Å². The summed E-state index contributed by atoms with van der Waals surface area (Å²) in [6, 6.07) is 0.